The van der Waals surface area contributed by atoms with Crippen molar-refractivity contribution in [3.8, 4) is 0 Å². The van der Waals surface area contributed by atoms with Gasteiger partial charge in [0.15, 0.2) is 0 Å². The monoisotopic (exact) mass is 329 g/mol. The van der Waals surface area contributed by atoms with Gasteiger partial charge in [-0.2, -0.15) is 0 Å². The summed E-state index contributed by atoms with van der Waals surface area (Å²) < 4.78 is 2.89. The number of halogens is 1. The van der Waals surface area contributed by atoms with E-state index in [4.69, 9.17) is 0 Å². The molecule has 1 aromatic rings. The van der Waals surface area contributed by atoms with Gasteiger partial charge < -0.3 is 14.8 Å². The molecule has 0 saturated heterocycles. The largest absolute Gasteiger partial charge is 0.346 e. The van der Waals surface area contributed by atoms with Gasteiger partial charge in [-0.3, -0.25) is 4.79 Å². The number of carbonyl (C=O) groups is 1. The molecule has 0 radical (unpaired) electrons. The van der Waals surface area contributed by atoms with Crippen LogP contribution in [0.2, 0.25) is 0 Å². The predicted molar refractivity (Wildman–Crippen MR) is 82.5 cm³/mol. The number of hydrogen-bond acceptors (Lipinski definition) is 2. The lowest BCUT2D eigenvalue weighted by Gasteiger charge is -2.25. The standard InChI is InChI=1S/C14H24BrN3O/c1-6-18-8-11(15)7-13(18)14(19)16-12(10(2)3)9-17(4)5/h7-8,10,12H,6,9H2,1-5H3,(H,16,19). The Morgan fingerprint density at radius 2 is 2.11 bits per heavy atom. The van der Waals surface area contributed by atoms with Gasteiger partial charge in [-0.1, -0.05) is 13.8 Å². The normalized spacial score (nSPS) is 13.1. The molecule has 0 saturated carbocycles. The molecule has 5 heteroatoms. The minimum atomic E-state index is -0.00639. The summed E-state index contributed by atoms with van der Waals surface area (Å²) in [6.45, 7) is 7.92. The summed E-state index contributed by atoms with van der Waals surface area (Å²) >= 11 is 3.42. The Balaban J connectivity index is 2.81. The summed E-state index contributed by atoms with van der Waals surface area (Å²) in [4.78, 5) is 14.5. The molecular formula is C14H24BrN3O. The molecule has 4 nitrogen and oxygen atoms in total. The van der Waals surface area contributed by atoms with Crippen molar-refractivity contribution < 1.29 is 4.79 Å². The molecule has 0 aliphatic rings. The number of nitrogens with one attached hydrogen (secondary N) is 1. The molecule has 0 aromatic carbocycles. The van der Waals surface area contributed by atoms with E-state index >= 15 is 0 Å². The number of aryl methyl sites for hydroxylation is 1. The number of carbonyl (C=O) groups excluding carboxylic acids is 1. The van der Waals surface area contributed by atoms with Crippen LogP contribution in [-0.4, -0.2) is 42.1 Å². The Morgan fingerprint density at radius 3 is 2.58 bits per heavy atom. The summed E-state index contributed by atoms with van der Waals surface area (Å²) in [6.07, 6.45) is 1.94. The van der Waals surface area contributed by atoms with E-state index in [0.29, 0.717) is 11.6 Å². The Morgan fingerprint density at radius 1 is 1.47 bits per heavy atom. The van der Waals surface area contributed by atoms with Crippen molar-refractivity contribution >= 4 is 21.8 Å². The molecule has 0 bridgehead atoms. The van der Waals surface area contributed by atoms with E-state index in [1.807, 2.05) is 37.8 Å². The van der Waals surface area contributed by atoms with Crippen LogP contribution in [-0.2, 0) is 6.54 Å². The first-order valence-corrected chi connectivity index (χ1v) is 7.45. The van der Waals surface area contributed by atoms with E-state index in [1.165, 1.54) is 0 Å². The molecular weight excluding hydrogens is 306 g/mol. The van der Waals surface area contributed by atoms with Crippen LogP contribution in [0.1, 0.15) is 31.3 Å². The number of aromatic nitrogens is 1. The average Bonchev–Trinajstić information content (AvgIpc) is 2.68. The van der Waals surface area contributed by atoms with Gasteiger partial charge in [0, 0.05) is 29.8 Å². The molecule has 0 aliphatic carbocycles. The molecule has 0 fully saturated rings. The van der Waals surface area contributed by atoms with E-state index < -0.39 is 0 Å². The van der Waals surface area contributed by atoms with Crippen molar-refractivity contribution in [3.63, 3.8) is 0 Å². The van der Waals surface area contributed by atoms with Crippen LogP contribution in [0, 0.1) is 5.92 Å². The summed E-state index contributed by atoms with van der Waals surface area (Å²) in [7, 11) is 4.04. The SMILES string of the molecule is CCn1cc(Br)cc1C(=O)NC(CN(C)C)C(C)C. The first-order valence-electron chi connectivity index (χ1n) is 6.66. The molecule has 1 heterocycles. The van der Waals surface area contributed by atoms with Crippen molar-refractivity contribution in [2.24, 2.45) is 5.92 Å². The highest BCUT2D eigenvalue weighted by Gasteiger charge is 2.20. The second kappa shape index (κ2) is 7.10. The van der Waals surface area contributed by atoms with E-state index in [2.05, 4.69) is 40.0 Å². The molecule has 0 aliphatic heterocycles. The predicted octanol–water partition coefficient (Wildman–Crippen LogP) is 2.59. The maximum absolute atomic E-state index is 12.4. The number of likely N-dealkylation sites (N-methyl/N-ethyl adjacent to an activating group) is 1. The van der Waals surface area contributed by atoms with Gasteiger partial charge in [0.1, 0.15) is 5.69 Å². The second-order valence-electron chi connectivity index (χ2n) is 5.42. The van der Waals surface area contributed by atoms with Crippen LogP contribution in [0.15, 0.2) is 16.7 Å². The number of nitrogens with zero attached hydrogens (tertiary/aromatic N) is 2. The van der Waals surface area contributed by atoms with Crippen LogP contribution in [0.4, 0.5) is 0 Å². The smallest absolute Gasteiger partial charge is 0.268 e. The molecule has 0 spiro atoms. The van der Waals surface area contributed by atoms with Crippen LogP contribution in [0.5, 0.6) is 0 Å². The molecule has 19 heavy (non-hydrogen) atoms. The van der Waals surface area contributed by atoms with Crippen LogP contribution < -0.4 is 5.32 Å². The van der Waals surface area contributed by atoms with Gasteiger partial charge in [0.05, 0.1) is 0 Å². The fourth-order valence-corrected chi connectivity index (χ4v) is 2.45. The molecule has 1 rings (SSSR count). The zero-order valence-corrected chi connectivity index (χ0v) is 14.0. The molecule has 1 amide bonds. The van der Waals surface area contributed by atoms with Crippen molar-refractivity contribution in [2.45, 2.75) is 33.4 Å². The molecule has 1 N–H and O–H groups in total. The highest BCUT2D eigenvalue weighted by Crippen LogP contribution is 2.15. The number of rotatable bonds is 6. The molecule has 108 valence electrons. The third-order valence-electron chi connectivity index (χ3n) is 3.12. The van der Waals surface area contributed by atoms with Gasteiger partial charge >= 0.3 is 0 Å². The average molecular weight is 330 g/mol. The topological polar surface area (TPSA) is 37.3 Å². The highest BCUT2D eigenvalue weighted by molar-refractivity contribution is 9.10. The first kappa shape index (κ1) is 16.2. The maximum Gasteiger partial charge on any atom is 0.268 e. The number of hydrogen-bond donors (Lipinski definition) is 1. The summed E-state index contributed by atoms with van der Waals surface area (Å²) in [5.41, 5.74) is 0.707. The van der Waals surface area contributed by atoms with Gasteiger partial charge in [0.2, 0.25) is 0 Å². The van der Waals surface area contributed by atoms with Crippen LogP contribution >= 0.6 is 15.9 Å². The van der Waals surface area contributed by atoms with Gasteiger partial charge in [-0.05, 0) is 48.9 Å². The zero-order valence-electron chi connectivity index (χ0n) is 12.4. The van der Waals surface area contributed by atoms with Crippen molar-refractivity contribution in [1.82, 2.24) is 14.8 Å². The van der Waals surface area contributed by atoms with E-state index in [9.17, 15) is 4.79 Å². The fourth-order valence-electron chi connectivity index (χ4n) is 1.99. The quantitative estimate of drug-likeness (QED) is 0.870. The lowest BCUT2D eigenvalue weighted by atomic mass is 10.0. The molecule has 1 aromatic heterocycles. The Labute approximate surface area is 124 Å². The lowest BCUT2D eigenvalue weighted by Crippen LogP contribution is -2.45. The Hall–Kier alpha value is -0.810. The van der Waals surface area contributed by atoms with Crippen molar-refractivity contribution in [3.05, 3.63) is 22.4 Å². The third-order valence-corrected chi connectivity index (χ3v) is 3.55. The van der Waals surface area contributed by atoms with E-state index in [0.717, 1.165) is 17.6 Å². The van der Waals surface area contributed by atoms with Gasteiger partial charge in [0.25, 0.3) is 5.91 Å². The minimum Gasteiger partial charge on any atom is -0.346 e. The van der Waals surface area contributed by atoms with Crippen LogP contribution in [0.25, 0.3) is 0 Å². The minimum absolute atomic E-state index is 0.00639. The van der Waals surface area contributed by atoms with Gasteiger partial charge in [-0.15, -0.1) is 0 Å². The second-order valence-corrected chi connectivity index (χ2v) is 6.33. The third kappa shape index (κ3) is 4.66. The van der Waals surface area contributed by atoms with Gasteiger partial charge in [-0.25, -0.2) is 0 Å². The lowest BCUT2D eigenvalue weighted by molar-refractivity contribution is 0.0907. The summed E-state index contributed by atoms with van der Waals surface area (Å²) in [5, 5.41) is 3.13. The Bertz CT molecular complexity index is 426. The van der Waals surface area contributed by atoms with Crippen LogP contribution in [0.3, 0.4) is 0 Å². The fraction of sp³-hybridized carbons (Fsp3) is 0.643. The zero-order chi connectivity index (χ0) is 14.6. The number of amides is 1. The summed E-state index contributed by atoms with van der Waals surface area (Å²) in [5.74, 6) is 0.396. The summed E-state index contributed by atoms with van der Waals surface area (Å²) in [6, 6.07) is 2.02. The first-order chi connectivity index (χ1) is 8.85. The van der Waals surface area contributed by atoms with Crippen molar-refractivity contribution in [1.29, 1.82) is 0 Å². The van der Waals surface area contributed by atoms with Crippen molar-refractivity contribution in [2.75, 3.05) is 20.6 Å². The molecule has 1 atom stereocenters. The Kier molecular flexibility index (Phi) is 6.07. The van der Waals surface area contributed by atoms with E-state index in [1.54, 1.807) is 0 Å². The molecule has 1 unspecified atom stereocenters. The van der Waals surface area contributed by atoms with E-state index in [-0.39, 0.29) is 11.9 Å². The highest BCUT2D eigenvalue weighted by atomic mass is 79.9. The maximum atomic E-state index is 12.4.